The van der Waals surface area contributed by atoms with Crippen molar-refractivity contribution in [3.05, 3.63) is 70.1 Å². The number of aromatic amines is 1. The SMILES string of the molecule is CCOC(=O)C(CC)(C(=O)OOC(C)=O)c1c(C(=O)c2cccc(Cl)c2)[nH]c2ccc(F)cc12. The number of hydrogen-bond donors (Lipinski definition) is 1. The summed E-state index contributed by atoms with van der Waals surface area (Å²) in [5.41, 5.74) is -2.16. The van der Waals surface area contributed by atoms with Crippen LogP contribution in [0.5, 0.6) is 0 Å². The lowest BCUT2D eigenvalue weighted by Gasteiger charge is -2.28. The van der Waals surface area contributed by atoms with Crippen LogP contribution in [-0.4, -0.2) is 35.3 Å². The molecule has 0 fully saturated rings. The molecule has 34 heavy (non-hydrogen) atoms. The summed E-state index contributed by atoms with van der Waals surface area (Å²) >= 11 is 6.04. The van der Waals surface area contributed by atoms with Crippen LogP contribution in [0.25, 0.3) is 10.9 Å². The zero-order valence-electron chi connectivity index (χ0n) is 18.6. The second-order valence-corrected chi connectivity index (χ2v) is 7.77. The molecule has 0 bridgehead atoms. The van der Waals surface area contributed by atoms with Crippen molar-refractivity contribution < 1.29 is 38.1 Å². The van der Waals surface area contributed by atoms with E-state index in [0.717, 1.165) is 19.1 Å². The Kier molecular flexibility index (Phi) is 7.36. The van der Waals surface area contributed by atoms with E-state index in [9.17, 15) is 23.6 Å². The third-order valence-electron chi connectivity index (χ3n) is 5.24. The zero-order chi connectivity index (χ0) is 25.0. The maximum atomic E-state index is 14.3. The molecule has 178 valence electrons. The first-order valence-electron chi connectivity index (χ1n) is 10.3. The summed E-state index contributed by atoms with van der Waals surface area (Å²) in [4.78, 5) is 63.3. The Morgan fingerprint density at radius 3 is 2.38 bits per heavy atom. The van der Waals surface area contributed by atoms with Crippen molar-refractivity contribution in [2.45, 2.75) is 32.6 Å². The normalized spacial score (nSPS) is 12.6. The van der Waals surface area contributed by atoms with Gasteiger partial charge in [-0.05, 0) is 43.7 Å². The van der Waals surface area contributed by atoms with Crippen LogP contribution in [0.3, 0.4) is 0 Å². The monoisotopic (exact) mass is 489 g/mol. The highest BCUT2D eigenvalue weighted by atomic mass is 35.5. The molecule has 8 nitrogen and oxygen atoms in total. The minimum atomic E-state index is -2.26. The second kappa shape index (κ2) is 10.0. The van der Waals surface area contributed by atoms with Crippen LogP contribution in [0, 0.1) is 5.82 Å². The highest BCUT2D eigenvalue weighted by Crippen LogP contribution is 2.40. The first-order valence-corrected chi connectivity index (χ1v) is 10.7. The average Bonchev–Trinajstić information content (AvgIpc) is 3.17. The first-order chi connectivity index (χ1) is 16.1. The van der Waals surface area contributed by atoms with Crippen molar-refractivity contribution in [3.8, 4) is 0 Å². The van der Waals surface area contributed by atoms with E-state index < -0.39 is 34.9 Å². The standard InChI is InChI=1S/C24H21ClFNO7/c1-4-24(22(30)32-5-2,23(31)34-33-13(3)28)19-17-12-16(26)9-10-18(17)27-20(19)21(29)14-7-6-8-15(25)11-14/h6-12,27H,4-5H2,1-3H3. The second-order valence-electron chi connectivity index (χ2n) is 7.33. The number of nitrogens with one attached hydrogen (secondary N) is 1. The van der Waals surface area contributed by atoms with Crippen molar-refractivity contribution in [2.75, 3.05) is 6.61 Å². The van der Waals surface area contributed by atoms with E-state index >= 15 is 0 Å². The molecule has 0 spiro atoms. The number of carbonyl (C=O) groups excluding carboxylic acids is 4. The van der Waals surface area contributed by atoms with E-state index in [4.69, 9.17) is 16.3 Å². The summed E-state index contributed by atoms with van der Waals surface area (Å²) in [5.74, 6) is -4.58. The molecule has 2 aromatic carbocycles. The summed E-state index contributed by atoms with van der Waals surface area (Å²) in [6.45, 7) is 3.91. The number of fused-ring (bicyclic) bond motifs is 1. The molecule has 1 N–H and O–H groups in total. The van der Waals surface area contributed by atoms with Gasteiger partial charge in [0, 0.05) is 34.0 Å². The minimum Gasteiger partial charge on any atom is -0.465 e. The minimum absolute atomic E-state index is 0.0834. The molecule has 0 aliphatic rings. The Bertz CT molecular complexity index is 1290. The fourth-order valence-electron chi connectivity index (χ4n) is 3.73. The number of ketones is 1. The summed E-state index contributed by atoms with van der Waals surface area (Å²) < 4.78 is 19.4. The predicted molar refractivity (Wildman–Crippen MR) is 120 cm³/mol. The van der Waals surface area contributed by atoms with Crippen molar-refractivity contribution in [1.29, 1.82) is 0 Å². The third kappa shape index (κ3) is 4.51. The molecular formula is C24H21ClFNO7. The molecule has 1 atom stereocenters. The highest BCUT2D eigenvalue weighted by Gasteiger charge is 2.54. The molecule has 0 saturated carbocycles. The molecule has 1 unspecified atom stereocenters. The van der Waals surface area contributed by atoms with Crippen LogP contribution in [-0.2, 0) is 34.3 Å². The molecule has 0 aliphatic carbocycles. The lowest BCUT2D eigenvalue weighted by molar-refractivity contribution is -0.262. The lowest BCUT2D eigenvalue weighted by Crippen LogP contribution is -2.46. The number of benzene rings is 2. The summed E-state index contributed by atoms with van der Waals surface area (Å²) in [5, 5.41) is 0.371. The smallest absolute Gasteiger partial charge is 0.377 e. The van der Waals surface area contributed by atoms with E-state index in [1.54, 1.807) is 12.1 Å². The summed E-state index contributed by atoms with van der Waals surface area (Å²) in [7, 11) is 0. The molecule has 3 aromatic rings. The van der Waals surface area contributed by atoms with Gasteiger partial charge in [-0.2, -0.15) is 0 Å². The largest absolute Gasteiger partial charge is 0.465 e. The van der Waals surface area contributed by atoms with Gasteiger partial charge in [0.25, 0.3) is 0 Å². The van der Waals surface area contributed by atoms with E-state index in [0.29, 0.717) is 0 Å². The Morgan fingerprint density at radius 1 is 1.03 bits per heavy atom. The van der Waals surface area contributed by atoms with Gasteiger partial charge < -0.3 is 9.72 Å². The van der Waals surface area contributed by atoms with Gasteiger partial charge in [0.15, 0.2) is 5.41 Å². The molecule has 10 heteroatoms. The van der Waals surface area contributed by atoms with Crippen molar-refractivity contribution in [1.82, 2.24) is 4.98 Å². The van der Waals surface area contributed by atoms with Crippen LogP contribution in [0.2, 0.25) is 5.02 Å². The van der Waals surface area contributed by atoms with Crippen LogP contribution >= 0.6 is 11.6 Å². The molecule has 0 aliphatic heterocycles. The maximum absolute atomic E-state index is 14.3. The molecule has 0 radical (unpaired) electrons. The Balaban J connectivity index is 2.37. The average molecular weight is 490 g/mol. The van der Waals surface area contributed by atoms with Crippen molar-refractivity contribution in [3.63, 3.8) is 0 Å². The highest BCUT2D eigenvalue weighted by molar-refractivity contribution is 6.31. The van der Waals surface area contributed by atoms with E-state index in [-0.39, 0.29) is 45.8 Å². The van der Waals surface area contributed by atoms with Crippen LogP contribution < -0.4 is 0 Å². The fourth-order valence-corrected chi connectivity index (χ4v) is 3.92. The zero-order valence-corrected chi connectivity index (χ0v) is 19.3. The molecule has 3 rings (SSSR count). The number of carbonyl (C=O) groups is 4. The molecule has 0 saturated heterocycles. The predicted octanol–water partition coefficient (Wildman–Crippen LogP) is 4.42. The number of esters is 1. The van der Waals surface area contributed by atoms with Gasteiger partial charge in [0.05, 0.1) is 12.3 Å². The van der Waals surface area contributed by atoms with Gasteiger partial charge in [-0.1, -0.05) is 30.7 Å². The van der Waals surface area contributed by atoms with Crippen LogP contribution in [0.1, 0.15) is 48.8 Å². The number of aromatic nitrogens is 1. The van der Waals surface area contributed by atoms with Gasteiger partial charge in [0.1, 0.15) is 5.82 Å². The molecule has 0 amide bonds. The quantitative estimate of drug-likeness (QED) is 0.172. The molecule has 1 aromatic heterocycles. The number of rotatable bonds is 7. The number of H-pyrrole nitrogens is 1. The Labute approximate surface area is 198 Å². The molecular weight excluding hydrogens is 469 g/mol. The third-order valence-corrected chi connectivity index (χ3v) is 5.47. The Hall–Kier alpha value is -3.72. The maximum Gasteiger partial charge on any atom is 0.377 e. The van der Waals surface area contributed by atoms with Gasteiger partial charge in [0.2, 0.25) is 5.78 Å². The summed E-state index contributed by atoms with van der Waals surface area (Å²) in [6.07, 6.45) is -0.259. The first kappa shape index (κ1) is 24.9. The van der Waals surface area contributed by atoms with Crippen LogP contribution in [0.15, 0.2) is 42.5 Å². The van der Waals surface area contributed by atoms with Crippen molar-refractivity contribution in [2.24, 2.45) is 0 Å². The van der Waals surface area contributed by atoms with E-state index in [1.165, 1.54) is 32.0 Å². The number of ether oxygens (including phenoxy) is 1. The van der Waals surface area contributed by atoms with Crippen LogP contribution in [0.4, 0.5) is 4.39 Å². The fraction of sp³-hybridized carbons (Fsp3) is 0.250. The topological polar surface area (TPSA) is 112 Å². The van der Waals surface area contributed by atoms with Crippen molar-refractivity contribution >= 4 is 46.2 Å². The number of halogens is 2. The van der Waals surface area contributed by atoms with Gasteiger partial charge in [-0.25, -0.2) is 23.8 Å². The lowest BCUT2D eigenvalue weighted by atomic mass is 9.75. The van der Waals surface area contributed by atoms with Gasteiger partial charge >= 0.3 is 17.9 Å². The van der Waals surface area contributed by atoms with E-state index in [1.807, 2.05) is 0 Å². The number of hydrogen-bond acceptors (Lipinski definition) is 7. The Morgan fingerprint density at radius 2 is 1.76 bits per heavy atom. The van der Waals surface area contributed by atoms with Gasteiger partial charge in [-0.15, -0.1) is 0 Å². The molecule has 1 heterocycles. The summed E-state index contributed by atoms with van der Waals surface area (Å²) in [6, 6.07) is 9.65. The van der Waals surface area contributed by atoms with Gasteiger partial charge in [-0.3, -0.25) is 9.59 Å². The van der Waals surface area contributed by atoms with E-state index in [2.05, 4.69) is 14.8 Å².